The second-order valence-corrected chi connectivity index (χ2v) is 11.0. The summed E-state index contributed by atoms with van der Waals surface area (Å²) in [6, 6.07) is 45.5. The standard InChI is InChI=1S/C36H26N4O2S/c37-39-38-33(27-15-5-1-6-16-27)28-17-13-14-26(24-28)25-32-34(41)40(35(42)43-32)36(29-18-7-2-8-19-29,30-20-9-3-10-21-30)31-22-11-4-12-23-31/h1-25,33H. The smallest absolute Gasteiger partial charge is 0.268 e. The number of amides is 2. The molecule has 0 bridgehead atoms. The molecule has 5 aromatic rings. The van der Waals surface area contributed by atoms with Crippen LogP contribution in [0.25, 0.3) is 16.5 Å². The van der Waals surface area contributed by atoms with Crippen LogP contribution in [0.4, 0.5) is 4.79 Å². The molecule has 1 unspecified atom stereocenters. The molecule has 1 atom stereocenters. The van der Waals surface area contributed by atoms with E-state index in [9.17, 15) is 15.1 Å². The highest BCUT2D eigenvalue weighted by Crippen LogP contribution is 2.48. The van der Waals surface area contributed by atoms with E-state index in [2.05, 4.69) is 10.0 Å². The molecule has 0 saturated carbocycles. The maximum atomic E-state index is 14.4. The van der Waals surface area contributed by atoms with Crippen LogP contribution in [0.3, 0.4) is 0 Å². The number of carbonyl (C=O) groups excluding carboxylic acids is 2. The van der Waals surface area contributed by atoms with Gasteiger partial charge in [0.15, 0.2) is 0 Å². The van der Waals surface area contributed by atoms with Gasteiger partial charge in [0.05, 0.1) is 10.9 Å². The number of azide groups is 1. The summed E-state index contributed by atoms with van der Waals surface area (Å²) >= 11 is 0.925. The highest BCUT2D eigenvalue weighted by Gasteiger charge is 2.52. The first-order chi connectivity index (χ1) is 21.1. The van der Waals surface area contributed by atoms with Gasteiger partial charge in [0.25, 0.3) is 11.1 Å². The average Bonchev–Trinajstić information content (AvgIpc) is 3.34. The zero-order chi connectivity index (χ0) is 29.6. The molecule has 1 aliphatic rings. The monoisotopic (exact) mass is 578 g/mol. The summed E-state index contributed by atoms with van der Waals surface area (Å²) in [7, 11) is 0. The summed E-state index contributed by atoms with van der Waals surface area (Å²) in [5.41, 5.74) is 12.8. The molecule has 0 aliphatic carbocycles. The Morgan fingerprint density at radius 1 is 0.674 bits per heavy atom. The van der Waals surface area contributed by atoms with Crippen LogP contribution in [0.5, 0.6) is 0 Å². The number of carbonyl (C=O) groups is 2. The van der Waals surface area contributed by atoms with E-state index in [1.807, 2.05) is 146 Å². The maximum Gasteiger partial charge on any atom is 0.294 e. The average molecular weight is 579 g/mol. The minimum absolute atomic E-state index is 0.314. The van der Waals surface area contributed by atoms with Crippen molar-refractivity contribution < 1.29 is 9.59 Å². The lowest BCUT2D eigenvalue weighted by molar-refractivity contribution is -0.125. The van der Waals surface area contributed by atoms with Gasteiger partial charge in [0, 0.05) is 4.91 Å². The molecule has 5 aromatic carbocycles. The fraction of sp³-hybridized carbons (Fsp3) is 0.0556. The van der Waals surface area contributed by atoms with Crippen molar-refractivity contribution in [1.82, 2.24) is 4.90 Å². The molecular weight excluding hydrogens is 552 g/mol. The van der Waals surface area contributed by atoms with E-state index in [0.29, 0.717) is 4.91 Å². The number of thioether (sulfide) groups is 1. The van der Waals surface area contributed by atoms with Crippen molar-refractivity contribution in [1.29, 1.82) is 0 Å². The second kappa shape index (κ2) is 12.2. The van der Waals surface area contributed by atoms with Gasteiger partial charge >= 0.3 is 0 Å². The Morgan fingerprint density at radius 2 is 1.16 bits per heavy atom. The molecule has 208 valence electrons. The summed E-state index contributed by atoms with van der Waals surface area (Å²) in [6.07, 6.45) is 1.73. The van der Waals surface area contributed by atoms with Crippen LogP contribution in [-0.2, 0) is 10.3 Å². The highest BCUT2D eigenvalue weighted by atomic mass is 32.2. The molecule has 7 heteroatoms. The predicted octanol–water partition coefficient (Wildman–Crippen LogP) is 9.11. The molecule has 0 spiro atoms. The first-order valence-corrected chi connectivity index (χ1v) is 14.6. The zero-order valence-corrected chi connectivity index (χ0v) is 23.8. The molecule has 0 N–H and O–H groups in total. The van der Waals surface area contributed by atoms with Gasteiger partial charge in [-0.25, -0.2) is 4.90 Å². The third kappa shape index (κ3) is 5.24. The highest BCUT2D eigenvalue weighted by molar-refractivity contribution is 8.18. The summed E-state index contributed by atoms with van der Waals surface area (Å²) in [4.78, 5) is 33.1. The number of benzene rings is 5. The van der Waals surface area contributed by atoms with Gasteiger partial charge in [0.1, 0.15) is 5.54 Å². The fourth-order valence-corrected chi connectivity index (χ4v) is 6.54. The largest absolute Gasteiger partial charge is 0.294 e. The van der Waals surface area contributed by atoms with Gasteiger partial charge in [-0.3, -0.25) is 9.59 Å². The minimum Gasteiger partial charge on any atom is -0.268 e. The lowest BCUT2D eigenvalue weighted by Crippen LogP contribution is -2.50. The Morgan fingerprint density at radius 3 is 1.67 bits per heavy atom. The molecule has 2 amide bonds. The molecule has 6 rings (SSSR count). The van der Waals surface area contributed by atoms with E-state index in [1.165, 1.54) is 4.90 Å². The van der Waals surface area contributed by atoms with Crippen LogP contribution in [0.1, 0.15) is 39.4 Å². The molecule has 1 saturated heterocycles. The molecule has 0 radical (unpaired) electrons. The Bertz CT molecular complexity index is 1740. The van der Waals surface area contributed by atoms with Crippen LogP contribution in [0.15, 0.2) is 156 Å². The van der Waals surface area contributed by atoms with E-state index in [-0.39, 0.29) is 11.1 Å². The van der Waals surface area contributed by atoms with E-state index in [4.69, 9.17) is 0 Å². The summed E-state index contributed by atoms with van der Waals surface area (Å²) in [5, 5.41) is 3.67. The molecule has 1 heterocycles. The van der Waals surface area contributed by atoms with E-state index < -0.39 is 11.6 Å². The predicted molar refractivity (Wildman–Crippen MR) is 171 cm³/mol. The van der Waals surface area contributed by atoms with Crippen LogP contribution in [0.2, 0.25) is 0 Å². The van der Waals surface area contributed by atoms with Crippen molar-refractivity contribution in [2.75, 3.05) is 0 Å². The van der Waals surface area contributed by atoms with Gasteiger partial charge in [-0.15, -0.1) is 0 Å². The fourth-order valence-electron chi connectivity index (χ4n) is 5.67. The normalized spacial score (nSPS) is 14.9. The van der Waals surface area contributed by atoms with Crippen LogP contribution in [-0.4, -0.2) is 16.0 Å². The molecule has 43 heavy (non-hydrogen) atoms. The van der Waals surface area contributed by atoms with Crippen molar-refractivity contribution in [3.8, 4) is 0 Å². The van der Waals surface area contributed by atoms with E-state index in [0.717, 1.165) is 45.1 Å². The van der Waals surface area contributed by atoms with Crippen LogP contribution < -0.4 is 0 Å². The number of imide groups is 1. The van der Waals surface area contributed by atoms with Crippen molar-refractivity contribution in [3.63, 3.8) is 0 Å². The van der Waals surface area contributed by atoms with Gasteiger partial charge < -0.3 is 0 Å². The summed E-state index contributed by atoms with van der Waals surface area (Å²) < 4.78 is 0. The Hall–Kier alpha value is -5.36. The zero-order valence-electron chi connectivity index (χ0n) is 23.0. The van der Waals surface area contributed by atoms with Crippen LogP contribution >= 0.6 is 11.8 Å². The lowest BCUT2D eigenvalue weighted by Gasteiger charge is -2.41. The van der Waals surface area contributed by atoms with Gasteiger partial charge in [-0.05, 0) is 56.7 Å². The van der Waals surface area contributed by atoms with Crippen molar-refractivity contribution in [2.24, 2.45) is 5.11 Å². The van der Waals surface area contributed by atoms with Gasteiger partial charge in [-0.2, -0.15) is 0 Å². The first kappa shape index (κ1) is 27.8. The Kier molecular flexibility index (Phi) is 7.92. The van der Waals surface area contributed by atoms with Crippen molar-refractivity contribution in [3.05, 3.63) is 194 Å². The quantitative estimate of drug-likeness (QED) is 0.0605. The maximum absolute atomic E-state index is 14.4. The molecule has 1 fully saturated rings. The molecular formula is C36H26N4O2S. The van der Waals surface area contributed by atoms with Gasteiger partial charge in [0.2, 0.25) is 0 Å². The number of hydrogen-bond acceptors (Lipinski definition) is 4. The lowest BCUT2D eigenvalue weighted by atomic mass is 9.75. The minimum atomic E-state index is -1.19. The summed E-state index contributed by atoms with van der Waals surface area (Å²) in [6.45, 7) is 0. The van der Waals surface area contributed by atoms with Crippen molar-refractivity contribution in [2.45, 2.75) is 11.6 Å². The Balaban J connectivity index is 1.47. The SMILES string of the molecule is [N-]=[N+]=NC(c1ccccc1)c1cccc(C=C2SC(=O)N(C(c3ccccc3)(c3ccccc3)c3ccccc3)C2=O)c1. The van der Waals surface area contributed by atoms with E-state index >= 15 is 0 Å². The Labute approximate surface area is 253 Å². The summed E-state index contributed by atoms with van der Waals surface area (Å²) in [5.74, 6) is -0.383. The molecule has 6 nitrogen and oxygen atoms in total. The number of hydrogen-bond donors (Lipinski definition) is 0. The number of nitrogens with zero attached hydrogens (tertiary/aromatic N) is 4. The van der Waals surface area contributed by atoms with Crippen molar-refractivity contribution >= 4 is 29.0 Å². The topological polar surface area (TPSA) is 86.1 Å². The molecule has 1 aliphatic heterocycles. The van der Waals surface area contributed by atoms with Gasteiger partial charge in [-0.1, -0.05) is 151 Å². The number of rotatable bonds is 8. The molecule has 0 aromatic heterocycles. The first-order valence-electron chi connectivity index (χ1n) is 13.8. The third-order valence-corrected chi connectivity index (χ3v) is 8.38. The third-order valence-electron chi connectivity index (χ3n) is 7.51. The van der Waals surface area contributed by atoms with Crippen LogP contribution in [0, 0.1) is 0 Å². The second-order valence-electron chi connectivity index (χ2n) is 10.0. The van der Waals surface area contributed by atoms with E-state index in [1.54, 1.807) is 6.08 Å².